The van der Waals surface area contributed by atoms with Crippen LogP contribution in [0.15, 0.2) is 48.5 Å². The van der Waals surface area contributed by atoms with E-state index in [4.69, 9.17) is 0 Å². The molecule has 0 atom stereocenters. The van der Waals surface area contributed by atoms with Crippen LogP contribution >= 0.6 is 0 Å². The first-order chi connectivity index (χ1) is 16.6. The minimum Gasteiger partial charge on any atom is -1.00 e. The molecule has 0 N–H and O–H groups in total. The molecule has 0 heterocycles. The van der Waals surface area contributed by atoms with Crippen LogP contribution in [0.25, 0.3) is 21.5 Å². The standard InChI is InChI=1S/2C18H23.2ClH.Zr/c2*1-12-8-13-10-15-16(11-14(13)9-12)18(4,5)7-6-17(15,2)3;;;/h2*8-11H,6-7H2,1-5H3;2*1H;/q2*-1;;;+4/p-2. The molecule has 0 radical (unpaired) electrons. The molecule has 0 spiro atoms. The Bertz CT molecular complexity index is 1240. The van der Waals surface area contributed by atoms with E-state index in [1.165, 1.54) is 58.4 Å². The van der Waals surface area contributed by atoms with Crippen molar-refractivity contribution in [3.05, 3.63) is 81.9 Å². The summed E-state index contributed by atoms with van der Waals surface area (Å²) in [5, 5.41) is 5.66. The monoisotopic (exact) mass is 638 g/mol. The molecule has 208 valence electrons. The van der Waals surface area contributed by atoms with E-state index in [1.54, 1.807) is 22.3 Å². The van der Waals surface area contributed by atoms with Gasteiger partial charge in [0.1, 0.15) is 0 Å². The van der Waals surface area contributed by atoms with E-state index in [9.17, 15) is 0 Å². The second-order valence-electron chi connectivity index (χ2n) is 14.7. The number of fused-ring (bicyclic) bond motifs is 4. The summed E-state index contributed by atoms with van der Waals surface area (Å²) in [7, 11) is 0. The van der Waals surface area contributed by atoms with Gasteiger partial charge in [0.15, 0.2) is 0 Å². The molecule has 0 aliphatic heterocycles. The van der Waals surface area contributed by atoms with Gasteiger partial charge in [-0.25, -0.2) is 0 Å². The summed E-state index contributed by atoms with van der Waals surface area (Å²) in [5.74, 6) is 0. The number of benzene rings is 2. The van der Waals surface area contributed by atoms with Gasteiger partial charge in [0, 0.05) is 0 Å². The molecule has 0 saturated heterocycles. The zero-order valence-electron chi connectivity index (χ0n) is 25.7. The molecular weight excluding hydrogens is 595 g/mol. The Kier molecular flexibility index (Phi) is 10.1. The summed E-state index contributed by atoms with van der Waals surface area (Å²) in [5.41, 5.74) is 10.3. The topological polar surface area (TPSA) is 0 Å². The van der Waals surface area contributed by atoms with Gasteiger partial charge in [0.05, 0.1) is 0 Å². The van der Waals surface area contributed by atoms with Crippen molar-refractivity contribution in [2.24, 2.45) is 0 Å². The fraction of sp³-hybridized carbons (Fsp3) is 0.500. The van der Waals surface area contributed by atoms with Crippen molar-refractivity contribution >= 4 is 21.5 Å². The fourth-order valence-corrected chi connectivity index (χ4v) is 6.86. The van der Waals surface area contributed by atoms with Crippen LogP contribution in [0.4, 0.5) is 0 Å². The van der Waals surface area contributed by atoms with Crippen LogP contribution in [0.5, 0.6) is 0 Å². The van der Waals surface area contributed by atoms with Gasteiger partial charge in [-0.1, -0.05) is 91.5 Å². The Labute approximate surface area is 269 Å². The molecule has 39 heavy (non-hydrogen) atoms. The van der Waals surface area contributed by atoms with Gasteiger partial charge in [0.2, 0.25) is 0 Å². The normalized spacial score (nSPS) is 19.3. The zero-order valence-corrected chi connectivity index (χ0v) is 29.7. The van der Waals surface area contributed by atoms with Crippen molar-refractivity contribution in [1.82, 2.24) is 0 Å². The molecule has 0 amide bonds. The van der Waals surface area contributed by atoms with Gasteiger partial charge in [-0.05, 0) is 47.3 Å². The molecule has 0 fully saturated rings. The van der Waals surface area contributed by atoms with E-state index < -0.39 is 0 Å². The van der Waals surface area contributed by atoms with Crippen LogP contribution in [-0.2, 0) is 47.9 Å². The molecule has 3 heteroatoms. The summed E-state index contributed by atoms with van der Waals surface area (Å²) in [6.07, 6.45) is 5.16. The molecule has 0 nitrogen and oxygen atoms in total. The van der Waals surface area contributed by atoms with Gasteiger partial charge >= 0.3 is 26.2 Å². The Morgan fingerprint density at radius 2 is 0.718 bits per heavy atom. The Hall–Kier alpha value is -0.877. The van der Waals surface area contributed by atoms with Crippen LogP contribution in [-0.4, -0.2) is 0 Å². The maximum absolute atomic E-state index is 2.44. The largest absolute Gasteiger partial charge is 4.00 e. The average Bonchev–Trinajstić information content (AvgIpc) is 3.33. The SMILES string of the molecule is Cc1cc2cc3c(cc2[cH-]1)C(C)(C)CCC3(C)C.Cc1cc2cc3c(cc2[cH-]1)C(C)(C)CCC3(C)C.[Cl-].[Cl-].[Zr+4]. The van der Waals surface area contributed by atoms with E-state index in [-0.39, 0.29) is 51.0 Å². The van der Waals surface area contributed by atoms with Gasteiger partial charge in [-0.2, -0.15) is 12.1 Å². The van der Waals surface area contributed by atoms with Gasteiger partial charge in [0.25, 0.3) is 0 Å². The minimum absolute atomic E-state index is 0. The molecule has 0 unspecified atom stereocenters. The molecule has 0 saturated carbocycles. The van der Waals surface area contributed by atoms with Gasteiger partial charge < -0.3 is 24.8 Å². The van der Waals surface area contributed by atoms with Crippen LogP contribution in [0.2, 0.25) is 0 Å². The molecule has 2 aliphatic carbocycles. The summed E-state index contributed by atoms with van der Waals surface area (Å²) < 4.78 is 0. The van der Waals surface area contributed by atoms with Gasteiger partial charge in [-0.3, -0.25) is 0 Å². The van der Waals surface area contributed by atoms with Crippen LogP contribution < -0.4 is 24.8 Å². The first-order valence-electron chi connectivity index (χ1n) is 14.0. The van der Waals surface area contributed by atoms with Crippen LogP contribution in [0.3, 0.4) is 0 Å². The molecule has 6 rings (SSSR count). The molecule has 4 aromatic carbocycles. The van der Waals surface area contributed by atoms with E-state index in [0.29, 0.717) is 21.7 Å². The second kappa shape index (κ2) is 11.4. The average molecular weight is 641 g/mol. The zero-order chi connectivity index (χ0) is 26.3. The summed E-state index contributed by atoms with van der Waals surface area (Å²) in [4.78, 5) is 0. The van der Waals surface area contributed by atoms with Crippen molar-refractivity contribution in [1.29, 1.82) is 0 Å². The Balaban J connectivity index is 0.000000254. The molecule has 4 aromatic rings. The Morgan fingerprint density at radius 1 is 0.462 bits per heavy atom. The van der Waals surface area contributed by atoms with Crippen LogP contribution in [0.1, 0.15) is 114 Å². The van der Waals surface area contributed by atoms with Gasteiger partial charge in [-0.15, -0.1) is 69.1 Å². The first kappa shape index (κ1) is 34.3. The predicted octanol–water partition coefficient (Wildman–Crippen LogP) is 4.44. The minimum atomic E-state index is 0. The number of halogens is 2. The number of hydrogen-bond acceptors (Lipinski definition) is 0. The second-order valence-corrected chi connectivity index (χ2v) is 14.7. The van der Waals surface area contributed by atoms with Crippen molar-refractivity contribution in [2.75, 3.05) is 0 Å². The predicted molar refractivity (Wildman–Crippen MR) is 159 cm³/mol. The summed E-state index contributed by atoms with van der Waals surface area (Å²) in [6.45, 7) is 23.5. The van der Waals surface area contributed by atoms with Crippen molar-refractivity contribution in [3.8, 4) is 0 Å². The van der Waals surface area contributed by atoms with Crippen molar-refractivity contribution in [2.45, 2.75) is 117 Å². The molecular formula is C36H46Cl2Zr. The smallest absolute Gasteiger partial charge is 1.00 e. The molecule has 0 bridgehead atoms. The summed E-state index contributed by atoms with van der Waals surface area (Å²) >= 11 is 0. The van der Waals surface area contributed by atoms with Crippen molar-refractivity contribution < 1.29 is 51.0 Å². The molecule has 0 aromatic heterocycles. The maximum Gasteiger partial charge on any atom is 4.00 e. The van der Waals surface area contributed by atoms with Crippen LogP contribution in [0, 0.1) is 13.8 Å². The fourth-order valence-electron chi connectivity index (χ4n) is 6.86. The summed E-state index contributed by atoms with van der Waals surface area (Å²) in [6, 6.07) is 19.0. The Morgan fingerprint density at radius 3 is 1.00 bits per heavy atom. The third kappa shape index (κ3) is 6.32. The number of aryl methyl sites for hydroxylation is 2. The van der Waals surface area contributed by atoms with E-state index in [1.807, 2.05) is 0 Å². The van der Waals surface area contributed by atoms with Crippen molar-refractivity contribution in [3.63, 3.8) is 0 Å². The third-order valence-corrected chi connectivity index (χ3v) is 9.65. The molecule has 2 aliphatic rings. The maximum atomic E-state index is 2.44. The van der Waals surface area contributed by atoms with E-state index in [2.05, 4.69) is 118 Å². The number of rotatable bonds is 0. The third-order valence-electron chi connectivity index (χ3n) is 9.65. The quantitative estimate of drug-likeness (QED) is 0.250. The van der Waals surface area contributed by atoms with E-state index in [0.717, 1.165) is 0 Å². The number of hydrogen-bond donors (Lipinski definition) is 0. The van der Waals surface area contributed by atoms with E-state index >= 15 is 0 Å². The first-order valence-corrected chi connectivity index (χ1v) is 14.0.